The highest BCUT2D eigenvalue weighted by Gasteiger charge is 2.56. The van der Waals surface area contributed by atoms with Gasteiger partial charge in [-0.25, -0.2) is 9.18 Å². The molecule has 1 N–H and O–H groups in total. The zero-order valence-corrected chi connectivity index (χ0v) is 24.2. The molecule has 11 heteroatoms. The highest BCUT2D eigenvalue weighted by molar-refractivity contribution is 6.03. The number of nitrogens with one attached hydrogen (secondary N) is 1. The molecule has 1 saturated heterocycles. The van der Waals surface area contributed by atoms with Crippen LogP contribution in [0.3, 0.4) is 0 Å². The van der Waals surface area contributed by atoms with Crippen LogP contribution < -0.4 is 11.0 Å². The number of carbonyl (C=O) groups excluding carboxylic acids is 2. The Morgan fingerprint density at radius 2 is 1.55 bits per heavy atom. The molecule has 1 fully saturated rings. The van der Waals surface area contributed by atoms with Crippen LogP contribution in [0, 0.1) is 5.82 Å². The van der Waals surface area contributed by atoms with Crippen molar-refractivity contribution in [3.63, 3.8) is 0 Å². The molecule has 4 aromatic rings. The van der Waals surface area contributed by atoms with E-state index in [4.69, 9.17) is 18.9 Å². The van der Waals surface area contributed by atoms with Crippen molar-refractivity contribution >= 4 is 17.7 Å². The Kier molecular flexibility index (Phi) is 9.59. The maximum atomic E-state index is 15.3. The molecule has 3 aromatic carbocycles. The van der Waals surface area contributed by atoms with Gasteiger partial charge in [0.25, 0.3) is 5.91 Å². The van der Waals surface area contributed by atoms with Crippen molar-refractivity contribution in [1.29, 1.82) is 0 Å². The minimum Gasteiger partial charge on any atom is -0.455 e. The van der Waals surface area contributed by atoms with Crippen LogP contribution in [0.5, 0.6) is 0 Å². The number of amides is 1. The van der Waals surface area contributed by atoms with Crippen LogP contribution in [-0.4, -0.2) is 45.8 Å². The number of rotatable bonds is 11. The zero-order valence-electron chi connectivity index (χ0n) is 24.2. The van der Waals surface area contributed by atoms with Crippen molar-refractivity contribution in [3.8, 4) is 0 Å². The van der Waals surface area contributed by atoms with Crippen molar-refractivity contribution in [3.05, 3.63) is 130 Å². The van der Waals surface area contributed by atoms with E-state index in [1.165, 1.54) is 6.92 Å². The molecule has 228 valence electrons. The predicted molar refractivity (Wildman–Crippen MR) is 158 cm³/mol. The summed E-state index contributed by atoms with van der Waals surface area (Å²) in [5.41, 5.74) is -0.136. The largest absolute Gasteiger partial charge is 0.455 e. The lowest BCUT2D eigenvalue weighted by Gasteiger charge is -2.31. The molecule has 0 bridgehead atoms. The second-order valence-corrected chi connectivity index (χ2v) is 10.5. The Bertz CT molecular complexity index is 1640. The number of nitrogens with zero attached hydrogens (tertiary/aromatic N) is 2. The van der Waals surface area contributed by atoms with E-state index in [2.05, 4.69) is 10.3 Å². The van der Waals surface area contributed by atoms with Gasteiger partial charge in [-0.05, 0) is 30.2 Å². The summed E-state index contributed by atoms with van der Waals surface area (Å²) in [6, 6.07) is 27.0. The summed E-state index contributed by atoms with van der Waals surface area (Å²) < 4.78 is 40.6. The maximum Gasteiger partial charge on any atom is 0.351 e. The van der Waals surface area contributed by atoms with Gasteiger partial charge in [0.1, 0.15) is 11.7 Å². The molecule has 1 aliphatic rings. The Labute approximate surface area is 253 Å². The topological polar surface area (TPSA) is 118 Å². The Morgan fingerprint density at radius 1 is 0.955 bits per heavy atom. The van der Waals surface area contributed by atoms with Crippen molar-refractivity contribution in [2.45, 2.75) is 51.1 Å². The Morgan fingerprint density at radius 3 is 2.16 bits per heavy atom. The second-order valence-electron chi connectivity index (χ2n) is 10.5. The SMILES string of the molecule is CC(=O)OC1C(n2cc(F)c(NC(=O)c3ccccc3)nc2=O)OC(C)(COCc2ccccc2)C1OCc1ccccc1. The molecular weight excluding hydrogens is 569 g/mol. The van der Waals surface area contributed by atoms with Crippen LogP contribution >= 0.6 is 0 Å². The smallest absolute Gasteiger partial charge is 0.351 e. The van der Waals surface area contributed by atoms with Crippen molar-refractivity contribution in [2.75, 3.05) is 11.9 Å². The van der Waals surface area contributed by atoms with Gasteiger partial charge in [-0.15, -0.1) is 0 Å². The van der Waals surface area contributed by atoms with Gasteiger partial charge in [0, 0.05) is 12.5 Å². The van der Waals surface area contributed by atoms with Crippen LogP contribution in [0.4, 0.5) is 10.2 Å². The third-order valence-corrected chi connectivity index (χ3v) is 7.09. The van der Waals surface area contributed by atoms with Gasteiger partial charge in [-0.2, -0.15) is 4.98 Å². The number of esters is 1. The number of benzene rings is 3. The number of hydrogen-bond donors (Lipinski definition) is 1. The fraction of sp³-hybridized carbons (Fsp3) is 0.273. The number of halogens is 1. The molecule has 1 amide bonds. The molecule has 4 unspecified atom stereocenters. The Hall–Kier alpha value is -4.71. The lowest BCUT2D eigenvalue weighted by atomic mass is 9.97. The van der Waals surface area contributed by atoms with Gasteiger partial charge in [0.15, 0.2) is 24.0 Å². The summed E-state index contributed by atoms with van der Waals surface area (Å²) in [5, 5.41) is 2.33. The van der Waals surface area contributed by atoms with E-state index >= 15 is 4.39 Å². The maximum absolute atomic E-state index is 15.3. The first kappa shape index (κ1) is 30.7. The molecule has 4 atom stereocenters. The van der Waals surface area contributed by atoms with E-state index in [1.807, 2.05) is 60.7 Å². The fourth-order valence-corrected chi connectivity index (χ4v) is 5.01. The molecule has 0 aliphatic carbocycles. The summed E-state index contributed by atoms with van der Waals surface area (Å²) in [4.78, 5) is 41.9. The molecule has 2 heterocycles. The van der Waals surface area contributed by atoms with E-state index in [1.54, 1.807) is 37.3 Å². The molecule has 44 heavy (non-hydrogen) atoms. The summed E-state index contributed by atoms with van der Waals surface area (Å²) in [6.07, 6.45) is -2.56. The van der Waals surface area contributed by atoms with Crippen LogP contribution in [0.25, 0.3) is 0 Å². The molecular formula is C33H32FN3O7. The van der Waals surface area contributed by atoms with Crippen LogP contribution in [0.1, 0.15) is 41.6 Å². The lowest BCUT2D eigenvalue weighted by Crippen LogP contribution is -2.47. The minimum absolute atomic E-state index is 0.00844. The number of ether oxygens (including phenoxy) is 4. The van der Waals surface area contributed by atoms with Gasteiger partial charge >= 0.3 is 11.7 Å². The molecule has 1 aliphatic heterocycles. The van der Waals surface area contributed by atoms with Crippen LogP contribution in [0.2, 0.25) is 0 Å². The highest BCUT2D eigenvalue weighted by Crippen LogP contribution is 2.41. The van der Waals surface area contributed by atoms with Gasteiger partial charge in [-0.3, -0.25) is 14.2 Å². The summed E-state index contributed by atoms with van der Waals surface area (Å²) in [7, 11) is 0. The molecule has 1 aromatic heterocycles. The minimum atomic E-state index is -1.32. The first-order chi connectivity index (χ1) is 21.2. The highest BCUT2D eigenvalue weighted by atomic mass is 19.1. The molecule has 0 saturated carbocycles. The third-order valence-electron chi connectivity index (χ3n) is 7.09. The quantitative estimate of drug-likeness (QED) is 0.247. The van der Waals surface area contributed by atoms with E-state index in [9.17, 15) is 14.4 Å². The predicted octanol–water partition coefficient (Wildman–Crippen LogP) is 4.66. The van der Waals surface area contributed by atoms with Gasteiger partial charge in [0.2, 0.25) is 0 Å². The molecule has 0 radical (unpaired) electrons. The number of carbonyl (C=O) groups is 2. The van der Waals surface area contributed by atoms with E-state index in [0.29, 0.717) is 0 Å². The second kappa shape index (κ2) is 13.7. The number of anilines is 1. The van der Waals surface area contributed by atoms with Crippen molar-refractivity contribution in [2.24, 2.45) is 0 Å². The molecule has 0 spiro atoms. The zero-order chi connectivity index (χ0) is 31.1. The lowest BCUT2D eigenvalue weighted by molar-refractivity contribution is -0.159. The average molecular weight is 602 g/mol. The van der Waals surface area contributed by atoms with E-state index in [0.717, 1.165) is 21.9 Å². The van der Waals surface area contributed by atoms with Gasteiger partial charge in [0.05, 0.1) is 26.0 Å². The van der Waals surface area contributed by atoms with Crippen molar-refractivity contribution in [1.82, 2.24) is 9.55 Å². The summed E-state index contributed by atoms with van der Waals surface area (Å²) in [6.45, 7) is 3.33. The summed E-state index contributed by atoms with van der Waals surface area (Å²) >= 11 is 0. The fourth-order valence-electron chi connectivity index (χ4n) is 5.01. The molecule has 10 nitrogen and oxygen atoms in total. The standard InChI is InChI=1S/C33H32FN3O7/c1-22(38)43-27-28(42-20-24-14-8-4-9-15-24)33(2,21-41-19-23-12-6-3-7-13-23)44-31(27)37-18-26(34)29(36-32(37)40)35-30(39)25-16-10-5-11-17-25/h3-18,27-28,31H,19-21H2,1-2H3,(H,35,36,39,40). The van der Waals surface area contributed by atoms with E-state index in [-0.39, 0.29) is 25.4 Å². The van der Waals surface area contributed by atoms with E-state index < -0.39 is 53.2 Å². The first-order valence-electron chi connectivity index (χ1n) is 14.0. The number of hydrogen-bond acceptors (Lipinski definition) is 8. The first-order valence-corrected chi connectivity index (χ1v) is 14.0. The van der Waals surface area contributed by atoms with Gasteiger partial charge < -0.3 is 24.3 Å². The van der Waals surface area contributed by atoms with Crippen LogP contribution in [-0.2, 0) is 37.0 Å². The average Bonchev–Trinajstić information content (AvgIpc) is 3.29. The normalized spacial score (nSPS) is 21.1. The monoisotopic (exact) mass is 601 g/mol. The molecule has 5 rings (SSSR count). The third kappa shape index (κ3) is 7.25. The van der Waals surface area contributed by atoms with Gasteiger partial charge in [-0.1, -0.05) is 78.9 Å². The van der Waals surface area contributed by atoms with Crippen molar-refractivity contribution < 1.29 is 32.9 Å². The van der Waals surface area contributed by atoms with Crippen LogP contribution in [0.15, 0.2) is 102 Å². The summed E-state index contributed by atoms with van der Waals surface area (Å²) in [5.74, 6) is -2.83. The number of aromatic nitrogens is 2. The Balaban J connectivity index is 1.44.